The molecule has 0 heterocycles. The SMILES string of the molecule is Cc1ccc(Cl)c(-c2ccc(NC(=O)c3cccc(F)c3F)cc2)c1. The molecule has 0 fully saturated rings. The first-order valence-corrected chi connectivity index (χ1v) is 7.95. The number of carbonyl (C=O) groups excluding carboxylic acids is 1. The maximum atomic E-state index is 13.7. The van der Waals surface area contributed by atoms with Gasteiger partial charge in [0.25, 0.3) is 5.91 Å². The predicted molar refractivity (Wildman–Crippen MR) is 95.9 cm³/mol. The van der Waals surface area contributed by atoms with Gasteiger partial charge in [0.15, 0.2) is 11.6 Å². The average Bonchev–Trinajstić information content (AvgIpc) is 2.60. The smallest absolute Gasteiger partial charge is 0.258 e. The first-order chi connectivity index (χ1) is 12.0. The van der Waals surface area contributed by atoms with Crippen molar-refractivity contribution in [2.24, 2.45) is 0 Å². The number of rotatable bonds is 3. The minimum absolute atomic E-state index is 0.342. The van der Waals surface area contributed by atoms with E-state index in [0.29, 0.717) is 10.7 Å². The van der Waals surface area contributed by atoms with Crippen molar-refractivity contribution >= 4 is 23.2 Å². The van der Waals surface area contributed by atoms with Crippen LogP contribution < -0.4 is 5.32 Å². The number of carbonyl (C=O) groups is 1. The monoisotopic (exact) mass is 357 g/mol. The number of aryl methyl sites for hydroxylation is 1. The van der Waals surface area contributed by atoms with Gasteiger partial charge in [-0.1, -0.05) is 41.4 Å². The van der Waals surface area contributed by atoms with Gasteiger partial charge in [0, 0.05) is 16.3 Å². The number of nitrogens with one attached hydrogen (secondary N) is 1. The first-order valence-electron chi connectivity index (χ1n) is 7.57. The van der Waals surface area contributed by atoms with Crippen LogP contribution in [0, 0.1) is 18.6 Å². The molecule has 0 saturated carbocycles. The lowest BCUT2D eigenvalue weighted by atomic mass is 10.0. The molecule has 0 radical (unpaired) electrons. The van der Waals surface area contributed by atoms with E-state index in [0.717, 1.165) is 22.8 Å². The Bertz CT molecular complexity index is 939. The second-order valence-electron chi connectivity index (χ2n) is 5.62. The van der Waals surface area contributed by atoms with E-state index >= 15 is 0 Å². The summed E-state index contributed by atoms with van der Waals surface area (Å²) in [5.74, 6) is -2.93. The van der Waals surface area contributed by atoms with Crippen molar-refractivity contribution in [2.75, 3.05) is 5.32 Å². The van der Waals surface area contributed by atoms with Crippen LogP contribution in [0.2, 0.25) is 5.02 Å². The van der Waals surface area contributed by atoms with E-state index in [2.05, 4.69) is 5.32 Å². The second-order valence-corrected chi connectivity index (χ2v) is 6.02. The van der Waals surface area contributed by atoms with Gasteiger partial charge in [-0.3, -0.25) is 4.79 Å². The summed E-state index contributed by atoms with van der Waals surface area (Å²) in [7, 11) is 0. The third kappa shape index (κ3) is 3.69. The van der Waals surface area contributed by atoms with Crippen LogP contribution in [0.4, 0.5) is 14.5 Å². The molecule has 3 rings (SSSR count). The highest BCUT2D eigenvalue weighted by molar-refractivity contribution is 6.33. The summed E-state index contributed by atoms with van der Waals surface area (Å²) in [6.07, 6.45) is 0. The maximum absolute atomic E-state index is 13.7. The topological polar surface area (TPSA) is 29.1 Å². The van der Waals surface area contributed by atoms with Gasteiger partial charge in [-0.2, -0.15) is 0 Å². The summed E-state index contributed by atoms with van der Waals surface area (Å²) in [5, 5.41) is 3.18. The first kappa shape index (κ1) is 17.1. The van der Waals surface area contributed by atoms with Crippen molar-refractivity contribution in [1.82, 2.24) is 0 Å². The highest BCUT2D eigenvalue weighted by Crippen LogP contribution is 2.29. The molecule has 1 N–H and O–H groups in total. The lowest BCUT2D eigenvalue weighted by molar-refractivity contribution is 0.102. The van der Waals surface area contributed by atoms with Gasteiger partial charge >= 0.3 is 0 Å². The molecule has 2 nitrogen and oxygen atoms in total. The molecule has 25 heavy (non-hydrogen) atoms. The Labute approximate surface area is 149 Å². The summed E-state index contributed by atoms with van der Waals surface area (Å²) < 4.78 is 26.9. The standard InChI is InChI=1S/C20H14ClF2NO/c1-12-5-10-17(21)16(11-12)13-6-8-14(9-7-13)24-20(25)15-3-2-4-18(22)19(15)23/h2-11H,1H3,(H,24,25). The molecular weight excluding hydrogens is 344 g/mol. The molecule has 0 aromatic heterocycles. The van der Waals surface area contributed by atoms with Crippen LogP contribution in [0.5, 0.6) is 0 Å². The zero-order valence-corrected chi connectivity index (χ0v) is 14.1. The summed E-state index contributed by atoms with van der Waals surface area (Å²) >= 11 is 6.22. The molecule has 0 spiro atoms. The van der Waals surface area contributed by atoms with E-state index in [1.807, 2.05) is 25.1 Å². The third-order valence-electron chi connectivity index (χ3n) is 3.77. The molecule has 0 aliphatic carbocycles. The second kappa shape index (κ2) is 7.03. The number of benzene rings is 3. The molecule has 5 heteroatoms. The van der Waals surface area contributed by atoms with Crippen LogP contribution in [-0.2, 0) is 0 Å². The van der Waals surface area contributed by atoms with Gasteiger partial charge < -0.3 is 5.32 Å². The number of hydrogen-bond acceptors (Lipinski definition) is 1. The minimum Gasteiger partial charge on any atom is -0.322 e. The van der Waals surface area contributed by atoms with E-state index in [4.69, 9.17) is 11.6 Å². The van der Waals surface area contributed by atoms with Gasteiger partial charge in [0.05, 0.1) is 5.56 Å². The fourth-order valence-electron chi connectivity index (χ4n) is 2.47. The van der Waals surface area contributed by atoms with E-state index in [1.165, 1.54) is 12.1 Å². The lowest BCUT2D eigenvalue weighted by Crippen LogP contribution is -2.14. The lowest BCUT2D eigenvalue weighted by Gasteiger charge is -2.09. The van der Waals surface area contributed by atoms with Gasteiger partial charge in [-0.25, -0.2) is 8.78 Å². The molecule has 0 aliphatic heterocycles. The fraction of sp³-hybridized carbons (Fsp3) is 0.0500. The molecule has 126 valence electrons. The van der Waals surface area contributed by atoms with E-state index in [9.17, 15) is 13.6 Å². The van der Waals surface area contributed by atoms with Gasteiger partial charge in [-0.15, -0.1) is 0 Å². The van der Waals surface area contributed by atoms with Crippen LogP contribution >= 0.6 is 11.6 Å². The summed E-state index contributed by atoms with van der Waals surface area (Å²) in [5.41, 5.74) is 2.99. The van der Waals surface area contributed by atoms with Crippen molar-refractivity contribution in [2.45, 2.75) is 6.92 Å². The number of halogens is 3. The fourth-order valence-corrected chi connectivity index (χ4v) is 2.70. The Morgan fingerprint density at radius 1 is 1.00 bits per heavy atom. The molecule has 3 aromatic rings. The molecular formula is C20H14ClF2NO. The molecule has 0 atom stereocenters. The Morgan fingerprint density at radius 3 is 2.44 bits per heavy atom. The maximum Gasteiger partial charge on any atom is 0.258 e. The van der Waals surface area contributed by atoms with E-state index in [-0.39, 0.29) is 5.56 Å². The van der Waals surface area contributed by atoms with Gasteiger partial charge in [0.1, 0.15) is 0 Å². The average molecular weight is 358 g/mol. The van der Waals surface area contributed by atoms with Crippen molar-refractivity contribution in [3.63, 3.8) is 0 Å². The molecule has 0 aliphatic rings. The van der Waals surface area contributed by atoms with Crippen LogP contribution in [0.3, 0.4) is 0 Å². The minimum atomic E-state index is -1.16. The Hall–Kier alpha value is -2.72. The third-order valence-corrected chi connectivity index (χ3v) is 4.10. The summed E-state index contributed by atoms with van der Waals surface area (Å²) in [4.78, 5) is 12.1. The predicted octanol–water partition coefficient (Wildman–Crippen LogP) is 5.85. The van der Waals surface area contributed by atoms with E-state index in [1.54, 1.807) is 24.3 Å². The van der Waals surface area contributed by atoms with Crippen molar-refractivity contribution < 1.29 is 13.6 Å². The number of amides is 1. The van der Waals surface area contributed by atoms with Crippen LogP contribution in [0.25, 0.3) is 11.1 Å². The van der Waals surface area contributed by atoms with Crippen LogP contribution in [0.15, 0.2) is 60.7 Å². The van der Waals surface area contributed by atoms with Crippen molar-refractivity contribution in [3.05, 3.63) is 88.4 Å². The molecule has 0 unspecified atom stereocenters. The molecule has 1 amide bonds. The van der Waals surface area contributed by atoms with Crippen LogP contribution in [0.1, 0.15) is 15.9 Å². The zero-order valence-electron chi connectivity index (χ0n) is 13.3. The summed E-state index contributed by atoms with van der Waals surface area (Å²) in [6.45, 7) is 1.97. The Balaban J connectivity index is 1.82. The molecule has 0 bridgehead atoms. The quantitative estimate of drug-likeness (QED) is 0.626. The number of hydrogen-bond donors (Lipinski definition) is 1. The van der Waals surface area contributed by atoms with Crippen molar-refractivity contribution in [1.29, 1.82) is 0 Å². The number of anilines is 1. The Morgan fingerprint density at radius 2 is 1.72 bits per heavy atom. The Kier molecular flexibility index (Phi) is 4.81. The van der Waals surface area contributed by atoms with Crippen LogP contribution in [-0.4, -0.2) is 5.91 Å². The highest BCUT2D eigenvalue weighted by Gasteiger charge is 2.15. The van der Waals surface area contributed by atoms with Gasteiger partial charge in [0.2, 0.25) is 0 Å². The zero-order chi connectivity index (χ0) is 18.0. The van der Waals surface area contributed by atoms with Crippen molar-refractivity contribution in [3.8, 4) is 11.1 Å². The normalized spacial score (nSPS) is 10.6. The molecule has 0 saturated heterocycles. The largest absolute Gasteiger partial charge is 0.322 e. The highest BCUT2D eigenvalue weighted by atomic mass is 35.5. The van der Waals surface area contributed by atoms with Gasteiger partial charge in [-0.05, 0) is 48.9 Å². The van der Waals surface area contributed by atoms with E-state index < -0.39 is 17.5 Å². The molecule has 3 aromatic carbocycles. The summed E-state index contributed by atoms with van der Waals surface area (Å²) in [6, 6.07) is 16.2.